The Morgan fingerprint density at radius 2 is 2.00 bits per heavy atom. The van der Waals surface area contributed by atoms with Crippen LogP contribution in [0.15, 0.2) is 29.2 Å². The van der Waals surface area contributed by atoms with Gasteiger partial charge in [0.2, 0.25) is 0 Å². The fourth-order valence-corrected chi connectivity index (χ4v) is 1.54. The van der Waals surface area contributed by atoms with Gasteiger partial charge in [0.05, 0.1) is 12.7 Å². The molecule has 0 atom stereocenters. The minimum Gasteiger partial charge on any atom is -0.478 e. The van der Waals surface area contributed by atoms with Gasteiger partial charge in [0.15, 0.2) is 0 Å². The zero-order valence-corrected chi connectivity index (χ0v) is 8.21. The Morgan fingerprint density at radius 1 is 1.36 bits per heavy atom. The van der Waals surface area contributed by atoms with Gasteiger partial charge < -0.3 is 9.84 Å². The van der Waals surface area contributed by atoms with Gasteiger partial charge in [0.25, 0.3) is 0 Å². The Balaban J connectivity index is 2.95. The van der Waals surface area contributed by atoms with Crippen molar-refractivity contribution in [1.82, 2.24) is 0 Å². The molecule has 1 aromatic rings. The van der Waals surface area contributed by atoms with Gasteiger partial charge in [0, 0.05) is 4.90 Å². The van der Waals surface area contributed by atoms with E-state index in [1.807, 2.05) is 0 Å². The maximum Gasteiger partial charge on any atom is 0.371 e. The number of ether oxygens (including phenoxy) is 1. The van der Waals surface area contributed by atoms with Crippen LogP contribution < -0.4 is 0 Å². The van der Waals surface area contributed by atoms with Crippen molar-refractivity contribution in [2.45, 2.75) is 4.90 Å². The number of rotatable bonds is 2. The topological polar surface area (TPSA) is 63.6 Å². The number of hydrogen-bond acceptors (Lipinski definition) is 4. The van der Waals surface area contributed by atoms with E-state index in [2.05, 4.69) is 4.74 Å². The second kappa shape index (κ2) is 4.66. The summed E-state index contributed by atoms with van der Waals surface area (Å²) in [6.45, 7) is 0. The van der Waals surface area contributed by atoms with Gasteiger partial charge in [-0.05, 0) is 23.9 Å². The lowest BCUT2D eigenvalue weighted by Gasteiger charge is -2.02. The maximum absolute atomic E-state index is 10.9. The van der Waals surface area contributed by atoms with E-state index in [9.17, 15) is 9.59 Å². The highest BCUT2D eigenvalue weighted by Gasteiger charge is 2.12. The summed E-state index contributed by atoms with van der Waals surface area (Å²) in [5.41, 5.74) is 0.0999. The van der Waals surface area contributed by atoms with Crippen molar-refractivity contribution in [2.24, 2.45) is 0 Å². The lowest BCUT2D eigenvalue weighted by molar-refractivity contribution is 0.0693. The fourth-order valence-electron chi connectivity index (χ4n) is 0.864. The third-order valence-electron chi connectivity index (χ3n) is 1.48. The van der Waals surface area contributed by atoms with Crippen LogP contribution in [-0.2, 0) is 4.74 Å². The Hall–Kier alpha value is -1.49. The summed E-state index contributed by atoms with van der Waals surface area (Å²) in [5, 5.41) is 8.26. The Labute approximate surface area is 84.9 Å². The highest BCUT2D eigenvalue weighted by Crippen LogP contribution is 2.23. The molecule has 0 saturated heterocycles. The van der Waals surface area contributed by atoms with Crippen LogP contribution in [0.1, 0.15) is 10.4 Å². The summed E-state index contributed by atoms with van der Waals surface area (Å²) in [4.78, 5) is 22.0. The molecule has 0 aliphatic heterocycles. The first-order valence-electron chi connectivity index (χ1n) is 3.73. The first kappa shape index (κ1) is 10.6. The van der Waals surface area contributed by atoms with E-state index in [1.165, 1.54) is 13.2 Å². The summed E-state index contributed by atoms with van der Waals surface area (Å²) >= 11 is 0.757. The largest absolute Gasteiger partial charge is 0.478 e. The smallest absolute Gasteiger partial charge is 0.371 e. The second-order valence-corrected chi connectivity index (χ2v) is 3.33. The summed E-state index contributed by atoms with van der Waals surface area (Å²) in [6.07, 6.45) is 0. The van der Waals surface area contributed by atoms with Crippen molar-refractivity contribution in [2.75, 3.05) is 7.11 Å². The molecule has 1 aromatic carbocycles. The summed E-state index contributed by atoms with van der Waals surface area (Å²) in [5.74, 6) is -1.06. The molecule has 0 fully saturated rings. The normalized spacial score (nSPS) is 9.50. The van der Waals surface area contributed by atoms with Crippen molar-refractivity contribution in [3.8, 4) is 0 Å². The van der Waals surface area contributed by atoms with Crippen molar-refractivity contribution < 1.29 is 19.4 Å². The summed E-state index contributed by atoms with van der Waals surface area (Å²) in [6, 6.07) is 6.27. The monoisotopic (exact) mass is 212 g/mol. The molecule has 0 aliphatic carbocycles. The standard InChI is InChI=1S/C9H8O4S/c1-13-9(12)14-7-5-3-2-4-6(7)8(10)11/h2-5H,1H3,(H,10,11). The second-order valence-electron chi connectivity index (χ2n) is 2.36. The van der Waals surface area contributed by atoms with Gasteiger partial charge in [-0.15, -0.1) is 0 Å². The molecule has 0 aliphatic rings. The number of carboxylic acid groups (broad SMARTS) is 1. The number of carboxylic acids is 1. The number of aromatic carboxylic acids is 1. The van der Waals surface area contributed by atoms with Crippen LogP contribution in [0.3, 0.4) is 0 Å². The molecule has 1 N–H and O–H groups in total. The zero-order valence-electron chi connectivity index (χ0n) is 7.39. The van der Waals surface area contributed by atoms with Gasteiger partial charge in [-0.1, -0.05) is 12.1 Å². The van der Waals surface area contributed by atoms with Gasteiger partial charge in [-0.3, -0.25) is 0 Å². The lowest BCUT2D eigenvalue weighted by atomic mass is 10.2. The SMILES string of the molecule is COC(=O)Sc1ccccc1C(=O)O. The minimum atomic E-state index is -1.06. The van der Waals surface area contributed by atoms with Crippen molar-refractivity contribution >= 4 is 23.0 Å². The maximum atomic E-state index is 10.9. The van der Waals surface area contributed by atoms with Crippen LogP contribution in [0.2, 0.25) is 0 Å². The molecule has 0 heterocycles. The molecule has 14 heavy (non-hydrogen) atoms. The molecule has 0 amide bonds. The number of carbonyl (C=O) groups is 2. The van der Waals surface area contributed by atoms with Gasteiger partial charge in [0.1, 0.15) is 0 Å². The number of methoxy groups -OCH3 is 1. The summed E-state index contributed by atoms with van der Waals surface area (Å²) in [7, 11) is 1.25. The molecule has 0 unspecified atom stereocenters. The molecule has 0 spiro atoms. The molecular weight excluding hydrogens is 204 g/mol. The highest BCUT2D eigenvalue weighted by molar-refractivity contribution is 8.13. The molecule has 0 saturated carbocycles. The van der Waals surface area contributed by atoms with E-state index in [1.54, 1.807) is 18.2 Å². The number of hydrogen-bond donors (Lipinski definition) is 1. The quantitative estimate of drug-likeness (QED) is 0.601. The number of carbonyl (C=O) groups excluding carboxylic acids is 1. The van der Waals surface area contributed by atoms with Crippen LogP contribution in [0.4, 0.5) is 4.79 Å². The molecule has 0 bridgehead atoms. The average molecular weight is 212 g/mol. The Kier molecular flexibility index (Phi) is 3.53. The van der Waals surface area contributed by atoms with E-state index >= 15 is 0 Å². The van der Waals surface area contributed by atoms with Crippen molar-refractivity contribution in [3.63, 3.8) is 0 Å². The first-order valence-corrected chi connectivity index (χ1v) is 4.55. The van der Waals surface area contributed by atoms with Gasteiger partial charge >= 0.3 is 11.3 Å². The van der Waals surface area contributed by atoms with Crippen molar-refractivity contribution in [3.05, 3.63) is 29.8 Å². The van der Waals surface area contributed by atoms with Gasteiger partial charge in [-0.2, -0.15) is 0 Å². The lowest BCUT2D eigenvalue weighted by Crippen LogP contribution is -2.00. The van der Waals surface area contributed by atoms with Crippen LogP contribution >= 0.6 is 11.8 Å². The van der Waals surface area contributed by atoms with Gasteiger partial charge in [-0.25, -0.2) is 9.59 Å². The van der Waals surface area contributed by atoms with Crippen LogP contribution in [0, 0.1) is 0 Å². The highest BCUT2D eigenvalue weighted by atomic mass is 32.2. The van der Waals surface area contributed by atoms with E-state index < -0.39 is 11.3 Å². The molecular formula is C9H8O4S. The molecule has 5 heteroatoms. The molecule has 0 radical (unpaired) electrons. The predicted molar refractivity (Wildman–Crippen MR) is 51.7 cm³/mol. The molecule has 4 nitrogen and oxygen atoms in total. The van der Waals surface area contributed by atoms with E-state index in [-0.39, 0.29) is 5.56 Å². The minimum absolute atomic E-state index is 0.0999. The molecule has 74 valence electrons. The van der Waals surface area contributed by atoms with Crippen molar-refractivity contribution in [1.29, 1.82) is 0 Å². The molecule has 0 aromatic heterocycles. The number of benzene rings is 1. The third kappa shape index (κ3) is 2.50. The predicted octanol–water partition coefficient (Wildman–Crippen LogP) is 2.24. The number of thioether (sulfide) groups is 1. The zero-order chi connectivity index (χ0) is 10.6. The Bertz CT molecular complexity index is 362. The fraction of sp³-hybridized carbons (Fsp3) is 0.111. The van der Waals surface area contributed by atoms with Crippen LogP contribution in [-0.4, -0.2) is 23.5 Å². The summed E-state index contributed by atoms with van der Waals surface area (Å²) < 4.78 is 4.42. The van der Waals surface area contributed by atoms with Crippen LogP contribution in [0.5, 0.6) is 0 Å². The van der Waals surface area contributed by atoms with E-state index in [0.29, 0.717) is 4.90 Å². The average Bonchev–Trinajstić information content (AvgIpc) is 2.18. The molecule has 1 rings (SSSR count). The van der Waals surface area contributed by atoms with Crippen LogP contribution in [0.25, 0.3) is 0 Å². The van der Waals surface area contributed by atoms with E-state index in [0.717, 1.165) is 11.8 Å². The Morgan fingerprint density at radius 3 is 2.57 bits per heavy atom. The third-order valence-corrected chi connectivity index (χ3v) is 2.39. The first-order chi connectivity index (χ1) is 6.65. The van der Waals surface area contributed by atoms with E-state index in [4.69, 9.17) is 5.11 Å².